The number of amides is 1. The Kier molecular flexibility index (Phi) is 7.71. The molecule has 5 rings (SSSR count). The summed E-state index contributed by atoms with van der Waals surface area (Å²) in [5, 5.41) is 12.7. The van der Waals surface area contributed by atoms with Gasteiger partial charge in [0.25, 0.3) is 0 Å². The number of aromatic nitrogens is 4. The predicted octanol–water partition coefficient (Wildman–Crippen LogP) is 3.26. The highest BCUT2D eigenvalue weighted by atomic mass is 32.2. The molecule has 0 spiro atoms. The van der Waals surface area contributed by atoms with E-state index in [1.807, 2.05) is 6.92 Å². The molecule has 1 saturated heterocycles. The summed E-state index contributed by atoms with van der Waals surface area (Å²) < 4.78 is 26.9. The molecule has 2 aromatic heterocycles. The van der Waals surface area contributed by atoms with E-state index < -0.39 is 15.9 Å². The molecule has 214 valence electrons. The van der Waals surface area contributed by atoms with Crippen molar-refractivity contribution in [2.24, 2.45) is 28.5 Å². The minimum atomic E-state index is -3.12. The Balaban J connectivity index is 1.64. The summed E-state index contributed by atoms with van der Waals surface area (Å²) >= 11 is 0. The number of rotatable bonds is 7. The topological polar surface area (TPSA) is 169 Å². The number of nitrogens with zero attached hydrogens (tertiary/aromatic N) is 6. The molecule has 2 aliphatic carbocycles. The first-order chi connectivity index (χ1) is 18.5. The summed E-state index contributed by atoms with van der Waals surface area (Å²) in [6.45, 7) is 7.41. The fourth-order valence-electron chi connectivity index (χ4n) is 6.12. The first kappa shape index (κ1) is 27.6. The maximum absolute atomic E-state index is 12.4. The average Bonchev–Trinajstić information content (AvgIpc) is 3.16. The minimum absolute atomic E-state index is 0.00479. The highest BCUT2D eigenvalue weighted by Crippen LogP contribution is 2.36. The molecule has 3 fully saturated rings. The molecule has 3 aliphatic rings. The molecule has 2 saturated carbocycles. The van der Waals surface area contributed by atoms with Crippen LogP contribution in [0.15, 0.2) is 4.99 Å². The first-order valence-corrected chi connectivity index (χ1v) is 15.9. The molecule has 0 bridgehead atoms. The van der Waals surface area contributed by atoms with E-state index in [1.165, 1.54) is 19.3 Å². The van der Waals surface area contributed by atoms with E-state index in [0.29, 0.717) is 35.8 Å². The summed E-state index contributed by atoms with van der Waals surface area (Å²) in [6, 6.07) is -0.106. The van der Waals surface area contributed by atoms with Crippen molar-refractivity contribution in [2.75, 3.05) is 28.3 Å². The van der Waals surface area contributed by atoms with E-state index in [4.69, 9.17) is 15.8 Å². The quantitative estimate of drug-likeness (QED) is 0.337. The van der Waals surface area contributed by atoms with Crippen molar-refractivity contribution in [2.45, 2.75) is 84.3 Å². The van der Waals surface area contributed by atoms with Crippen LogP contribution in [0.4, 0.5) is 16.6 Å². The molecule has 1 amide bonds. The molecule has 13 heteroatoms. The number of anilines is 2. The Hall–Kier alpha value is -2.96. The van der Waals surface area contributed by atoms with Crippen molar-refractivity contribution in [1.82, 2.24) is 19.5 Å². The number of fused-ring (bicyclic) bond motifs is 1. The third-order valence-electron chi connectivity index (χ3n) is 8.75. The Bertz CT molecular complexity index is 1360. The highest BCUT2D eigenvalue weighted by molar-refractivity contribution is 7.91. The lowest BCUT2D eigenvalue weighted by atomic mass is 9.80. The number of carbonyl (C=O) groups is 1. The van der Waals surface area contributed by atoms with Crippen LogP contribution in [0.5, 0.6) is 0 Å². The summed E-state index contributed by atoms with van der Waals surface area (Å²) in [4.78, 5) is 30.9. The van der Waals surface area contributed by atoms with E-state index in [1.54, 1.807) is 0 Å². The third-order valence-corrected chi connectivity index (χ3v) is 10.5. The maximum Gasteiger partial charge on any atom is 0.433 e. The van der Waals surface area contributed by atoms with Crippen LogP contribution in [0, 0.1) is 17.8 Å². The molecule has 0 aromatic carbocycles. The number of carboxylic acid groups (broad SMARTS) is 1. The molecular weight excluding hydrogens is 520 g/mol. The number of aliphatic imine (C=N–C) groups is 1. The first-order valence-electron chi connectivity index (χ1n) is 14.1. The SMILES string of the molecule is CC1CCC(Cn2c(N3CCS(=O)(=O)CC3C)nc3nc(/C(N)=N/C(=O)O)nc(N[C@H](C)C4CCC4)c32)CC1. The molecule has 0 radical (unpaired) electrons. The normalized spacial score (nSPS) is 26.8. The van der Waals surface area contributed by atoms with Gasteiger partial charge in [0.05, 0.1) is 11.5 Å². The lowest BCUT2D eigenvalue weighted by Gasteiger charge is -2.35. The maximum atomic E-state index is 12.4. The molecule has 2 atom stereocenters. The zero-order valence-electron chi connectivity index (χ0n) is 23.0. The van der Waals surface area contributed by atoms with Gasteiger partial charge in [0.15, 0.2) is 33.0 Å². The minimum Gasteiger partial charge on any atom is -0.463 e. The molecular formula is C26H40N8O4S. The Morgan fingerprint density at radius 2 is 1.87 bits per heavy atom. The van der Waals surface area contributed by atoms with Gasteiger partial charge in [-0.2, -0.15) is 9.98 Å². The Morgan fingerprint density at radius 1 is 1.15 bits per heavy atom. The fourth-order valence-corrected chi connectivity index (χ4v) is 7.68. The van der Waals surface area contributed by atoms with Crippen LogP contribution in [0.3, 0.4) is 0 Å². The van der Waals surface area contributed by atoms with E-state index >= 15 is 0 Å². The van der Waals surface area contributed by atoms with Gasteiger partial charge in [-0.3, -0.25) is 0 Å². The number of hydrogen-bond donors (Lipinski definition) is 3. The van der Waals surface area contributed by atoms with Gasteiger partial charge < -0.3 is 25.6 Å². The van der Waals surface area contributed by atoms with Gasteiger partial charge in [-0.1, -0.05) is 26.2 Å². The third kappa shape index (κ3) is 5.97. The van der Waals surface area contributed by atoms with E-state index in [9.17, 15) is 13.2 Å². The lowest BCUT2D eigenvalue weighted by molar-refractivity contribution is 0.205. The molecule has 1 unspecified atom stereocenters. The van der Waals surface area contributed by atoms with E-state index in [-0.39, 0.29) is 35.2 Å². The predicted molar refractivity (Wildman–Crippen MR) is 151 cm³/mol. The van der Waals surface area contributed by atoms with Crippen molar-refractivity contribution in [1.29, 1.82) is 0 Å². The van der Waals surface area contributed by atoms with Crippen molar-refractivity contribution in [3.63, 3.8) is 0 Å². The van der Waals surface area contributed by atoms with Crippen LogP contribution in [-0.2, 0) is 16.4 Å². The Labute approximate surface area is 229 Å². The lowest BCUT2D eigenvalue weighted by Crippen LogP contribution is -2.48. The smallest absolute Gasteiger partial charge is 0.433 e. The summed E-state index contributed by atoms with van der Waals surface area (Å²) in [7, 11) is -3.12. The zero-order valence-corrected chi connectivity index (χ0v) is 23.8. The second-order valence-electron chi connectivity index (χ2n) is 11.8. The second kappa shape index (κ2) is 10.9. The number of nitrogens with one attached hydrogen (secondary N) is 1. The van der Waals surface area contributed by atoms with E-state index in [0.717, 1.165) is 43.7 Å². The van der Waals surface area contributed by atoms with Gasteiger partial charge in [0.2, 0.25) is 5.95 Å². The second-order valence-corrected chi connectivity index (χ2v) is 14.0. The van der Waals surface area contributed by atoms with Gasteiger partial charge in [0.1, 0.15) is 5.52 Å². The number of sulfone groups is 1. The molecule has 39 heavy (non-hydrogen) atoms. The van der Waals surface area contributed by atoms with Crippen LogP contribution >= 0.6 is 0 Å². The van der Waals surface area contributed by atoms with Gasteiger partial charge in [-0.15, -0.1) is 0 Å². The summed E-state index contributed by atoms with van der Waals surface area (Å²) in [6.07, 6.45) is 6.65. The van der Waals surface area contributed by atoms with Crippen LogP contribution in [0.25, 0.3) is 11.2 Å². The molecule has 4 N–H and O–H groups in total. The van der Waals surface area contributed by atoms with Crippen molar-refractivity contribution < 1.29 is 18.3 Å². The highest BCUT2D eigenvalue weighted by Gasteiger charge is 2.34. The summed E-state index contributed by atoms with van der Waals surface area (Å²) in [5.74, 6) is 2.77. The number of nitrogens with two attached hydrogens (primary N) is 1. The number of imidazole rings is 1. The average molecular weight is 561 g/mol. The van der Waals surface area contributed by atoms with Gasteiger partial charge in [0, 0.05) is 25.2 Å². The molecule has 3 heterocycles. The monoisotopic (exact) mass is 560 g/mol. The van der Waals surface area contributed by atoms with Crippen LogP contribution in [0.1, 0.15) is 71.5 Å². The van der Waals surface area contributed by atoms with Crippen molar-refractivity contribution >= 4 is 44.7 Å². The van der Waals surface area contributed by atoms with Crippen molar-refractivity contribution in [3.8, 4) is 0 Å². The molecule has 2 aromatic rings. The van der Waals surface area contributed by atoms with Gasteiger partial charge in [-0.25, -0.2) is 23.2 Å². The standard InChI is InChI=1S/C26H40N8O4S/c1-15-7-9-18(10-8-15)13-34-20-22(28-17(3)19-5-4-6-19)30-24(21(27)29-26(35)36)31-23(20)32-25(34)33-11-12-39(37,38)14-16(33)2/h15-19H,4-14H2,1-3H3,(H2,27,29)(H,35,36)(H,28,30,31)/t15?,16?,17-,18?/m1/s1. The van der Waals surface area contributed by atoms with Gasteiger partial charge >= 0.3 is 6.09 Å². The summed E-state index contributed by atoms with van der Waals surface area (Å²) in [5.41, 5.74) is 7.12. The van der Waals surface area contributed by atoms with Crippen molar-refractivity contribution in [3.05, 3.63) is 5.82 Å². The number of amidine groups is 1. The largest absolute Gasteiger partial charge is 0.463 e. The van der Waals surface area contributed by atoms with Crippen LogP contribution < -0.4 is 16.0 Å². The molecule has 1 aliphatic heterocycles. The Morgan fingerprint density at radius 3 is 2.49 bits per heavy atom. The van der Waals surface area contributed by atoms with Gasteiger partial charge in [-0.05, 0) is 57.3 Å². The zero-order chi connectivity index (χ0) is 27.9. The fraction of sp³-hybridized carbons (Fsp3) is 0.731. The van der Waals surface area contributed by atoms with Crippen LogP contribution in [0.2, 0.25) is 0 Å². The molecule has 12 nitrogen and oxygen atoms in total. The van der Waals surface area contributed by atoms with E-state index in [2.05, 4.69) is 43.6 Å². The number of hydrogen-bond acceptors (Lipinski definition) is 8. The van der Waals surface area contributed by atoms with Crippen LogP contribution in [-0.4, -0.2) is 75.1 Å².